The van der Waals surface area contributed by atoms with Gasteiger partial charge in [0.15, 0.2) is 0 Å². The molecule has 0 spiro atoms. The van der Waals surface area contributed by atoms with Gasteiger partial charge in [0.2, 0.25) is 0 Å². The van der Waals surface area contributed by atoms with Crippen LogP contribution in [0.15, 0.2) is 0 Å². The number of carbonyl (C=O) groups excluding carboxylic acids is 1. The Morgan fingerprint density at radius 2 is 1.59 bits per heavy atom. The predicted octanol–water partition coefficient (Wildman–Crippen LogP) is 2.59. The normalized spacial score (nSPS) is 21.5. The van der Waals surface area contributed by atoms with E-state index < -0.39 is 24.0 Å². The van der Waals surface area contributed by atoms with Gasteiger partial charge < -0.3 is 4.90 Å². The largest absolute Gasteiger partial charge is 0.463 e. The van der Waals surface area contributed by atoms with Crippen molar-refractivity contribution in [2.45, 2.75) is 43.8 Å². The SMILES string of the molecule is O=C(N(CC1CC1)C1CC1)C(F)(F)C(F)(F)F. The summed E-state index contributed by atoms with van der Waals surface area (Å²) in [6.07, 6.45) is -3.16. The van der Waals surface area contributed by atoms with Crippen molar-refractivity contribution in [3.63, 3.8) is 0 Å². The summed E-state index contributed by atoms with van der Waals surface area (Å²) >= 11 is 0. The standard InChI is InChI=1S/C10H12F5NO/c11-9(12,10(13,14)15)8(17)16(7-3-4-7)5-6-1-2-6/h6-7H,1-5H2. The summed E-state index contributed by atoms with van der Waals surface area (Å²) in [5.41, 5.74) is 0. The predicted molar refractivity (Wildman–Crippen MR) is 48.5 cm³/mol. The Balaban J connectivity index is 2.09. The molecule has 1 amide bonds. The van der Waals surface area contributed by atoms with Crippen molar-refractivity contribution in [2.24, 2.45) is 5.92 Å². The minimum absolute atomic E-state index is 0.0369. The van der Waals surface area contributed by atoms with Gasteiger partial charge in [-0.25, -0.2) is 0 Å². The molecule has 2 fully saturated rings. The molecule has 0 saturated heterocycles. The summed E-state index contributed by atoms with van der Waals surface area (Å²) in [5, 5.41) is 0. The Bertz CT molecular complexity index is 319. The van der Waals surface area contributed by atoms with Crippen molar-refractivity contribution in [3.05, 3.63) is 0 Å². The highest BCUT2D eigenvalue weighted by atomic mass is 19.4. The molecule has 0 aliphatic heterocycles. The lowest BCUT2D eigenvalue weighted by Crippen LogP contribution is -2.53. The number of carbonyl (C=O) groups is 1. The van der Waals surface area contributed by atoms with E-state index in [1.54, 1.807) is 0 Å². The maximum Gasteiger partial charge on any atom is 0.463 e. The second-order valence-corrected chi connectivity index (χ2v) is 4.70. The van der Waals surface area contributed by atoms with Crippen molar-refractivity contribution >= 4 is 5.91 Å². The molecule has 98 valence electrons. The topological polar surface area (TPSA) is 20.3 Å². The van der Waals surface area contributed by atoms with E-state index in [9.17, 15) is 26.7 Å². The van der Waals surface area contributed by atoms with Crippen LogP contribution in [-0.2, 0) is 4.79 Å². The lowest BCUT2D eigenvalue weighted by atomic mass is 10.2. The summed E-state index contributed by atoms with van der Waals surface area (Å²) in [5.74, 6) is -7.24. The number of halogens is 5. The van der Waals surface area contributed by atoms with Gasteiger partial charge in [0, 0.05) is 12.6 Å². The van der Waals surface area contributed by atoms with Gasteiger partial charge in [-0.2, -0.15) is 22.0 Å². The number of hydrogen-bond acceptors (Lipinski definition) is 1. The molecule has 2 aliphatic rings. The van der Waals surface area contributed by atoms with Crippen LogP contribution in [0.5, 0.6) is 0 Å². The second-order valence-electron chi connectivity index (χ2n) is 4.70. The second kappa shape index (κ2) is 3.81. The zero-order valence-electron chi connectivity index (χ0n) is 8.94. The Kier molecular flexibility index (Phi) is 2.82. The van der Waals surface area contributed by atoms with E-state index in [0.29, 0.717) is 12.8 Å². The molecule has 2 rings (SSSR count). The first kappa shape index (κ1) is 12.6. The molecule has 0 heterocycles. The van der Waals surface area contributed by atoms with Crippen LogP contribution in [0.25, 0.3) is 0 Å². The highest BCUT2D eigenvalue weighted by Gasteiger charge is 2.65. The molecular formula is C10H12F5NO. The average molecular weight is 257 g/mol. The third-order valence-corrected chi connectivity index (χ3v) is 3.02. The van der Waals surface area contributed by atoms with Gasteiger partial charge in [0.25, 0.3) is 0 Å². The zero-order chi connectivity index (χ0) is 12.8. The van der Waals surface area contributed by atoms with Crippen LogP contribution in [-0.4, -0.2) is 35.5 Å². The number of alkyl halides is 5. The van der Waals surface area contributed by atoms with Crippen molar-refractivity contribution in [3.8, 4) is 0 Å². The molecule has 17 heavy (non-hydrogen) atoms. The van der Waals surface area contributed by atoms with Crippen LogP contribution >= 0.6 is 0 Å². The Morgan fingerprint density at radius 1 is 1.06 bits per heavy atom. The van der Waals surface area contributed by atoms with E-state index in [0.717, 1.165) is 17.7 Å². The molecule has 0 radical (unpaired) electrons. The van der Waals surface area contributed by atoms with E-state index in [-0.39, 0.29) is 12.5 Å². The van der Waals surface area contributed by atoms with Crippen LogP contribution in [0.3, 0.4) is 0 Å². The van der Waals surface area contributed by atoms with E-state index in [4.69, 9.17) is 0 Å². The van der Waals surface area contributed by atoms with Crippen LogP contribution in [0.2, 0.25) is 0 Å². The first-order chi connectivity index (χ1) is 7.73. The number of nitrogens with zero attached hydrogens (tertiary/aromatic N) is 1. The molecule has 0 unspecified atom stereocenters. The third-order valence-electron chi connectivity index (χ3n) is 3.02. The van der Waals surface area contributed by atoms with Gasteiger partial charge in [0.1, 0.15) is 0 Å². The number of rotatable bonds is 4. The van der Waals surface area contributed by atoms with Crippen LogP contribution < -0.4 is 0 Å². The monoisotopic (exact) mass is 257 g/mol. The van der Waals surface area contributed by atoms with Crippen molar-refractivity contribution in [1.29, 1.82) is 0 Å². The molecule has 2 saturated carbocycles. The van der Waals surface area contributed by atoms with E-state index >= 15 is 0 Å². The number of amides is 1. The van der Waals surface area contributed by atoms with E-state index in [1.165, 1.54) is 0 Å². The summed E-state index contributed by atoms with van der Waals surface area (Å²) in [6, 6.07) is -0.420. The van der Waals surface area contributed by atoms with Gasteiger partial charge >= 0.3 is 18.0 Å². The van der Waals surface area contributed by atoms with Crippen molar-refractivity contribution in [1.82, 2.24) is 4.90 Å². The maximum absolute atomic E-state index is 12.9. The fraction of sp³-hybridized carbons (Fsp3) is 0.900. The summed E-state index contributed by atoms with van der Waals surface area (Å²) in [6.45, 7) is 0.0369. The van der Waals surface area contributed by atoms with Crippen LogP contribution in [0, 0.1) is 5.92 Å². The first-order valence-electron chi connectivity index (χ1n) is 5.49. The van der Waals surface area contributed by atoms with Gasteiger partial charge in [-0.1, -0.05) is 0 Å². The minimum Gasteiger partial charge on any atom is -0.334 e. The van der Waals surface area contributed by atoms with Gasteiger partial charge in [-0.15, -0.1) is 0 Å². The van der Waals surface area contributed by atoms with Gasteiger partial charge in [-0.3, -0.25) is 4.79 Å². The minimum atomic E-state index is -5.80. The first-order valence-corrected chi connectivity index (χ1v) is 5.49. The average Bonchev–Trinajstić information content (AvgIpc) is 3.02. The fourth-order valence-corrected chi connectivity index (χ4v) is 1.66. The van der Waals surface area contributed by atoms with Crippen LogP contribution in [0.1, 0.15) is 25.7 Å². The third kappa shape index (κ3) is 2.52. The summed E-state index contributed by atoms with van der Waals surface area (Å²) < 4.78 is 62.1. The van der Waals surface area contributed by atoms with Crippen molar-refractivity contribution in [2.75, 3.05) is 6.54 Å². The Labute approximate surface area is 94.8 Å². The molecule has 2 aliphatic carbocycles. The molecule has 2 nitrogen and oxygen atoms in total. The Hall–Kier alpha value is -0.880. The highest BCUT2D eigenvalue weighted by Crippen LogP contribution is 2.41. The molecule has 0 aromatic carbocycles. The van der Waals surface area contributed by atoms with Gasteiger partial charge in [-0.05, 0) is 31.6 Å². The van der Waals surface area contributed by atoms with Crippen molar-refractivity contribution < 1.29 is 26.7 Å². The Morgan fingerprint density at radius 3 is 1.94 bits per heavy atom. The lowest BCUT2D eigenvalue weighted by Gasteiger charge is -2.28. The molecule has 0 aromatic heterocycles. The highest BCUT2D eigenvalue weighted by molar-refractivity contribution is 5.85. The zero-order valence-corrected chi connectivity index (χ0v) is 8.94. The van der Waals surface area contributed by atoms with Gasteiger partial charge in [0.05, 0.1) is 0 Å². The molecule has 7 heteroatoms. The van der Waals surface area contributed by atoms with E-state index in [1.807, 2.05) is 0 Å². The summed E-state index contributed by atoms with van der Waals surface area (Å²) in [4.78, 5) is 12.0. The molecule has 0 atom stereocenters. The molecule has 0 bridgehead atoms. The smallest absolute Gasteiger partial charge is 0.334 e. The molecular weight excluding hydrogens is 245 g/mol. The molecule has 0 N–H and O–H groups in total. The number of hydrogen-bond donors (Lipinski definition) is 0. The quantitative estimate of drug-likeness (QED) is 0.709. The lowest BCUT2D eigenvalue weighted by molar-refractivity contribution is -0.274. The van der Waals surface area contributed by atoms with Crippen LogP contribution in [0.4, 0.5) is 22.0 Å². The molecule has 0 aromatic rings. The van der Waals surface area contributed by atoms with E-state index in [2.05, 4.69) is 0 Å². The maximum atomic E-state index is 12.9. The summed E-state index contributed by atoms with van der Waals surface area (Å²) in [7, 11) is 0. The fourth-order valence-electron chi connectivity index (χ4n) is 1.66.